The molecule has 0 aliphatic carbocycles. The van der Waals surface area contributed by atoms with Crippen molar-refractivity contribution in [2.24, 2.45) is 0 Å². The molecular weight excluding hydrogens is 380 g/mol. The van der Waals surface area contributed by atoms with Crippen LogP contribution < -0.4 is 10.1 Å². The molecule has 1 heterocycles. The van der Waals surface area contributed by atoms with Gasteiger partial charge < -0.3 is 4.74 Å². The predicted octanol–water partition coefficient (Wildman–Crippen LogP) is 3.78. The first-order valence-corrected chi connectivity index (χ1v) is 8.48. The van der Waals surface area contributed by atoms with E-state index in [9.17, 15) is 14.9 Å². The summed E-state index contributed by atoms with van der Waals surface area (Å²) in [5, 5.41) is 22.3. The maximum atomic E-state index is 12.0. The van der Waals surface area contributed by atoms with E-state index in [-0.39, 0.29) is 23.1 Å². The van der Waals surface area contributed by atoms with Crippen molar-refractivity contribution in [1.82, 2.24) is 10.2 Å². The van der Waals surface area contributed by atoms with Crippen molar-refractivity contribution in [3.05, 3.63) is 63.7 Å². The molecule has 26 heavy (non-hydrogen) atoms. The summed E-state index contributed by atoms with van der Waals surface area (Å²) in [5.41, 5.74) is 0.744. The summed E-state index contributed by atoms with van der Waals surface area (Å²) >= 11 is 7.14. The number of rotatable bonds is 6. The number of carbonyl (C=O) groups is 1. The van der Waals surface area contributed by atoms with Gasteiger partial charge in [-0.25, -0.2) is 0 Å². The van der Waals surface area contributed by atoms with Crippen molar-refractivity contribution in [1.29, 1.82) is 0 Å². The quantitative estimate of drug-likeness (QED) is 0.507. The minimum atomic E-state index is -0.567. The summed E-state index contributed by atoms with van der Waals surface area (Å²) in [7, 11) is 0. The highest BCUT2D eigenvalue weighted by molar-refractivity contribution is 7.18. The van der Waals surface area contributed by atoms with Crippen molar-refractivity contribution in [3.63, 3.8) is 0 Å². The maximum absolute atomic E-state index is 12.0. The van der Waals surface area contributed by atoms with Crippen molar-refractivity contribution >= 4 is 39.7 Å². The van der Waals surface area contributed by atoms with Gasteiger partial charge in [-0.05, 0) is 6.07 Å². The lowest BCUT2D eigenvalue weighted by molar-refractivity contribution is -0.384. The molecule has 8 nitrogen and oxygen atoms in total. The Morgan fingerprint density at radius 2 is 2.00 bits per heavy atom. The van der Waals surface area contributed by atoms with E-state index >= 15 is 0 Å². The second-order valence-corrected chi connectivity index (χ2v) is 6.37. The van der Waals surface area contributed by atoms with Gasteiger partial charge in [0.25, 0.3) is 11.6 Å². The second-order valence-electron chi connectivity index (χ2n) is 4.99. The summed E-state index contributed by atoms with van der Waals surface area (Å²) in [5.74, 6) is -0.273. The Morgan fingerprint density at radius 1 is 1.23 bits per heavy atom. The van der Waals surface area contributed by atoms with E-state index in [1.165, 1.54) is 23.5 Å². The molecule has 1 aromatic heterocycles. The number of benzene rings is 2. The molecule has 1 N–H and O–H groups in total. The van der Waals surface area contributed by atoms with E-state index in [1.807, 2.05) is 30.3 Å². The standard InChI is InChI=1S/C16H11ClN4O4S/c17-12-8-11(21(23)24)6-7-13(12)25-9-14(22)18-16-20-19-15(26-16)10-4-2-1-3-5-10/h1-8H,9H2,(H,18,20,22). The van der Waals surface area contributed by atoms with Crippen LogP contribution in [0.5, 0.6) is 5.75 Å². The summed E-state index contributed by atoms with van der Waals surface area (Å²) in [6, 6.07) is 13.2. The highest BCUT2D eigenvalue weighted by atomic mass is 35.5. The van der Waals surface area contributed by atoms with Crippen LogP contribution in [0, 0.1) is 10.1 Å². The van der Waals surface area contributed by atoms with E-state index in [0.29, 0.717) is 10.1 Å². The molecular formula is C16H11ClN4O4S. The van der Waals surface area contributed by atoms with Crippen molar-refractivity contribution < 1.29 is 14.5 Å². The van der Waals surface area contributed by atoms with Crippen LogP contribution in [0.4, 0.5) is 10.8 Å². The van der Waals surface area contributed by atoms with Crippen LogP contribution in [0.1, 0.15) is 0 Å². The average molecular weight is 391 g/mol. The topological polar surface area (TPSA) is 107 Å². The first-order chi connectivity index (χ1) is 12.5. The Morgan fingerprint density at radius 3 is 2.69 bits per heavy atom. The number of nitro groups is 1. The summed E-state index contributed by atoms with van der Waals surface area (Å²) in [6.45, 7) is -0.322. The van der Waals surface area contributed by atoms with E-state index in [4.69, 9.17) is 16.3 Å². The van der Waals surface area contributed by atoms with Crippen molar-refractivity contribution in [3.8, 4) is 16.3 Å². The smallest absolute Gasteiger partial charge is 0.271 e. The third-order valence-electron chi connectivity index (χ3n) is 3.18. The number of anilines is 1. The predicted molar refractivity (Wildman–Crippen MR) is 97.6 cm³/mol. The van der Waals surface area contributed by atoms with Gasteiger partial charge in [0.2, 0.25) is 5.13 Å². The largest absolute Gasteiger partial charge is 0.482 e. The molecule has 0 unspecified atom stereocenters. The van der Waals surface area contributed by atoms with Gasteiger partial charge in [0.05, 0.1) is 9.95 Å². The molecule has 0 bridgehead atoms. The molecule has 0 aliphatic heterocycles. The second kappa shape index (κ2) is 7.89. The molecule has 2 aromatic carbocycles. The van der Waals surface area contributed by atoms with Crippen LogP contribution in [0.25, 0.3) is 10.6 Å². The molecule has 0 saturated carbocycles. The van der Waals surface area contributed by atoms with Gasteiger partial charge in [-0.3, -0.25) is 20.2 Å². The number of nitro benzene ring substituents is 1. The van der Waals surface area contributed by atoms with Crippen molar-refractivity contribution in [2.75, 3.05) is 11.9 Å². The number of non-ortho nitro benzene ring substituents is 1. The molecule has 0 saturated heterocycles. The lowest BCUT2D eigenvalue weighted by atomic mass is 10.2. The Balaban J connectivity index is 1.58. The van der Waals surface area contributed by atoms with Gasteiger partial charge in [0.15, 0.2) is 6.61 Å². The minimum absolute atomic E-state index is 0.0503. The van der Waals surface area contributed by atoms with Crippen LogP contribution in [0.2, 0.25) is 5.02 Å². The highest BCUT2D eigenvalue weighted by Crippen LogP contribution is 2.29. The van der Waals surface area contributed by atoms with Crippen molar-refractivity contribution in [2.45, 2.75) is 0 Å². The summed E-state index contributed by atoms with van der Waals surface area (Å²) in [6.07, 6.45) is 0. The molecule has 10 heteroatoms. The number of carbonyl (C=O) groups excluding carboxylic acids is 1. The number of amides is 1. The SMILES string of the molecule is O=C(COc1ccc([N+](=O)[O-])cc1Cl)Nc1nnc(-c2ccccc2)s1. The van der Waals surface area contributed by atoms with Crippen LogP contribution in [-0.4, -0.2) is 27.6 Å². The number of halogens is 1. The van der Waals surface area contributed by atoms with Gasteiger partial charge in [-0.1, -0.05) is 53.3 Å². The number of aromatic nitrogens is 2. The molecule has 0 spiro atoms. The number of nitrogens with zero attached hydrogens (tertiary/aromatic N) is 3. The third-order valence-corrected chi connectivity index (χ3v) is 4.36. The third kappa shape index (κ3) is 4.32. The van der Waals surface area contributed by atoms with Crippen LogP contribution >= 0.6 is 22.9 Å². The zero-order valence-electron chi connectivity index (χ0n) is 13.1. The van der Waals surface area contributed by atoms with Gasteiger partial charge in [-0.15, -0.1) is 10.2 Å². The van der Waals surface area contributed by atoms with Crippen LogP contribution in [0.3, 0.4) is 0 Å². The molecule has 3 rings (SSSR count). The van der Waals surface area contributed by atoms with Gasteiger partial charge >= 0.3 is 0 Å². The Hall–Kier alpha value is -3.04. The highest BCUT2D eigenvalue weighted by Gasteiger charge is 2.13. The van der Waals surface area contributed by atoms with Crippen LogP contribution in [-0.2, 0) is 4.79 Å². The first kappa shape index (κ1) is 17.8. The first-order valence-electron chi connectivity index (χ1n) is 7.28. The van der Waals surface area contributed by atoms with Gasteiger partial charge in [0.1, 0.15) is 10.8 Å². The fraction of sp³-hybridized carbons (Fsp3) is 0.0625. The molecule has 1 amide bonds. The zero-order chi connectivity index (χ0) is 18.5. The lowest BCUT2D eigenvalue weighted by Crippen LogP contribution is -2.20. The number of hydrogen-bond acceptors (Lipinski definition) is 7. The summed E-state index contributed by atoms with van der Waals surface area (Å²) < 4.78 is 5.29. The normalized spacial score (nSPS) is 10.3. The number of hydrogen-bond donors (Lipinski definition) is 1. The lowest BCUT2D eigenvalue weighted by Gasteiger charge is -2.07. The average Bonchev–Trinajstić information content (AvgIpc) is 3.09. The van der Waals surface area contributed by atoms with Gasteiger partial charge in [-0.2, -0.15) is 0 Å². The molecule has 3 aromatic rings. The molecule has 0 radical (unpaired) electrons. The monoisotopic (exact) mass is 390 g/mol. The number of ether oxygens (including phenoxy) is 1. The molecule has 0 aliphatic rings. The van der Waals surface area contributed by atoms with E-state index in [1.54, 1.807) is 0 Å². The molecule has 0 fully saturated rings. The van der Waals surface area contributed by atoms with E-state index < -0.39 is 10.8 Å². The maximum Gasteiger partial charge on any atom is 0.271 e. The Labute approximate surface area is 156 Å². The Bertz CT molecular complexity index is 948. The number of nitrogens with one attached hydrogen (secondary N) is 1. The van der Waals surface area contributed by atoms with Gasteiger partial charge in [0, 0.05) is 17.7 Å². The fourth-order valence-corrected chi connectivity index (χ4v) is 2.98. The fourth-order valence-electron chi connectivity index (χ4n) is 1.99. The van der Waals surface area contributed by atoms with E-state index in [0.717, 1.165) is 11.6 Å². The Kier molecular flexibility index (Phi) is 5.40. The van der Waals surface area contributed by atoms with Crippen LogP contribution in [0.15, 0.2) is 48.5 Å². The van der Waals surface area contributed by atoms with E-state index in [2.05, 4.69) is 15.5 Å². The zero-order valence-corrected chi connectivity index (χ0v) is 14.7. The summed E-state index contributed by atoms with van der Waals surface area (Å²) in [4.78, 5) is 22.1. The molecule has 132 valence electrons. The minimum Gasteiger partial charge on any atom is -0.482 e. The molecule has 0 atom stereocenters.